The van der Waals surface area contributed by atoms with Crippen LogP contribution < -0.4 is 0 Å². The summed E-state index contributed by atoms with van der Waals surface area (Å²) in [6.45, 7) is 0. The summed E-state index contributed by atoms with van der Waals surface area (Å²) >= 11 is 6.03. The highest BCUT2D eigenvalue weighted by Crippen LogP contribution is 2.36. The van der Waals surface area contributed by atoms with E-state index in [1.54, 1.807) is 30.3 Å². The average Bonchev–Trinajstić information content (AvgIpc) is 3.33. The van der Waals surface area contributed by atoms with Gasteiger partial charge in [-0.2, -0.15) is 15.6 Å². The van der Waals surface area contributed by atoms with E-state index < -0.39 is 0 Å². The number of nitrogens with one attached hydrogen (secondary N) is 1. The van der Waals surface area contributed by atoms with Crippen molar-refractivity contribution in [3.63, 3.8) is 0 Å². The van der Waals surface area contributed by atoms with Gasteiger partial charge in [0.25, 0.3) is 0 Å². The maximum absolute atomic E-state index is 9.18. The molecule has 1 N–H and O–H groups in total. The molecule has 0 aliphatic rings. The van der Waals surface area contributed by atoms with Crippen molar-refractivity contribution in [2.75, 3.05) is 0 Å². The second-order valence-electron chi connectivity index (χ2n) is 4.82. The number of hydrogen-bond acceptors (Lipinski definition) is 6. The van der Waals surface area contributed by atoms with Gasteiger partial charge in [0.2, 0.25) is 5.89 Å². The number of hydrogen-bond donors (Lipinski definition) is 1. The molecule has 0 saturated heterocycles. The van der Waals surface area contributed by atoms with Crippen LogP contribution in [-0.4, -0.2) is 20.4 Å². The van der Waals surface area contributed by atoms with Crippen molar-refractivity contribution in [2.24, 2.45) is 0 Å². The monoisotopic (exact) mass is 337 g/mol. The molecule has 0 unspecified atom stereocenters. The van der Waals surface area contributed by atoms with Gasteiger partial charge in [-0.05, 0) is 30.3 Å². The normalized spacial score (nSPS) is 10.7. The van der Waals surface area contributed by atoms with Crippen molar-refractivity contribution >= 4 is 11.6 Å². The topological polar surface area (TPSA) is 105 Å². The fourth-order valence-electron chi connectivity index (χ4n) is 2.27. The van der Waals surface area contributed by atoms with E-state index in [0.29, 0.717) is 39.4 Å². The third-order valence-corrected chi connectivity index (χ3v) is 3.56. The number of aromatic amines is 1. The number of nitrogens with zero attached hydrogens (tertiary/aromatic N) is 4. The van der Waals surface area contributed by atoms with Crippen LogP contribution in [0.4, 0.5) is 0 Å². The lowest BCUT2D eigenvalue weighted by atomic mass is 10.2. The lowest BCUT2D eigenvalue weighted by Gasteiger charge is -1.95. The third-order valence-electron chi connectivity index (χ3n) is 3.32. The molecule has 0 aliphatic carbocycles. The van der Waals surface area contributed by atoms with Crippen molar-refractivity contribution in [3.05, 3.63) is 53.4 Å². The first kappa shape index (κ1) is 14.2. The Morgan fingerprint density at radius 2 is 2.04 bits per heavy atom. The molecule has 4 aromatic rings. The van der Waals surface area contributed by atoms with Crippen molar-refractivity contribution in [2.45, 2.75) is 0 Å². The minimum absolute atomic E-state index is 0.119. The summed E-state index contributed by atoms with van der Waals surface area (Å²) in [5.41, 5.74) is 1.48. The summed E-state index contributed by atoms with van der Waals surface area (Å²) in [6, 6.07) is 12.5. The Balaban J connectivity index is 1.94. The Labute approximate surface area is 140 Å². The average molecular weight is 338 g/mol. The first-order valence-corrected chi connectivity index (χ1v) is 7.26. The highest BCUT2D eigenvalue weighted by atomic mass is 35.5. The molecule has 0 saturated carbocycles. The number of benzene rings is 1. The molecule has 8 heteroatoms. The lowest BCUT2D eigenvalue weighted by Crippen LogP contribution is -1.86. The van der Waals surface area contributed by atoms with Crippen molar-refractivity contribution < 1.29 is 8.83 Å². The number of rotatable bonds is 3. The number of nitriles is 1. The van der Waals surface area contributed by atoms with Crippen LogP contribution in [0.5, 0.6) is 0 Å². The molecular weight excluding hydrogens is 330 g/mol. The zero-order chi connectivity index (χ0) is 16.5. The molecule has 116 valence electrons. The Bertz CT molecular complexity index is 1040. The minimum atomic E-state index is 0.119. The smallest absolute Gasteiger partial charge is 0.227 e. The van der Waals surface area contributed by atoms with Crippen LogP contribution in [0.25, 0.3) is 34.4 Å². The Hall–Kier alpha value is -3.37. The quantitative estimate of drug-likeness (QED) is 0.607. The van der Waals surface area contributed by atoms with Crippen molar-refractivity contribution in [3.8, 4) is 40.4 Å². The van der Waals surface area contributed by atoms with Gasteiger partial charge < -0.3 is 8.83 Å². The van der Waals surface area contributed by atoms with Crippen LogP contribution in [-0.2, 0) is 0 Å². The molecule has 0 atom stereocenters. The standard InChI is InChI=1S/C16H8ClN5O2/c17-10-4-1-3-9(7-10)16-19-14(13-11(8-18)20-22-21-13)15(24-16)12-5-2-6-23-12/h1-7H,(H,20,21,22). The number of furan rings is 1. The Morgan fingerprint density at radius 1 is 1.12 bits per heavy atom. The van der Waals surface area contributed by atoms with Gasteiger partial charge in [0.15, 0.2) is 22.9 Å². The predicted octanol–water partition coefficient (Wildman–Crippen LogP) is 3.91. The summed E-state index contributed by atoms with van der Waals surface area (Å²) in [5.74, 6) is 1.17. The summed E-state index contributed by atoms with van der Waals surface area (Å²) in [6.07, 6.45) is 1.52. The maximum Gasteiger partial charge on any atom is 0.227 e. The highest BCUT2D eigenvalue weighted by molar-refractivity contribution is 6.30. The Kier molecular flexibility index (Phi) is 3.37. The second-order valence-corrected chi connectivity index (χ2v) is 5.25. The van der Waals surface area contributed by atoms with Crippen LogP contribution in [0, 0.1) is 11.3 Å². The number of aromatic nitrogens is 4. The van der Waals surface area contributed by atoms with Gasteiger partial charge in [-0.15, -0.1) is 5.10 Å². The molecule has 1 aromatic carbocycles. The molecule has 3 aromatic heterocycles. The molecule has 0 radical (unpaired) electrons. The van der Waals surface area contributed by atoms with Crippen LogP contribution in [0.1, 0.15) is 5.69 Å². The van der Waals surface area contributed by atoms with Crippen molar-refractivity contribution in [1.29, 1.82) is 5.26 Å². The van der Waals surface area contributed by atoms with Gasteiger partial charge in [0.1, 0.15) is 11.8 Å². The first-order chi connectivity index (χ1) is 11.8. The van der Waals surface area contributed by atoms with E-state index in [2.05, 4.69) is 20.4 Å². The predicted molar refractivity (Wildman–Crippen MR) is 84.7 cm³/mol. The van der Waals surface area contributed by atoms with Gasteiger partial charge in [0, 0.05) is 10.6 Å². The number of H-pyrrole nitrogens is 1. The van der Waals surface area contributed by atoms with E-state index in [-0.39, 0.29) is 5.69 Å². The molecule has 4 rings (SSSR count). The molecule has 0 aliphatic heterocycles. The van der Waals surface area contributed by atoms with Gasteiger partial charge in [-0.3, -0.25) is 0 Å². The molecule has 0 spiro atoms. The fourth-order valence-corrected chi connectivity index (χ4v) is 2.46. The molecule has 0 fully saturated rings. The van der Waals surface area contributed by atoms with Crippen LogP contribution in [0.2, 0.25) is 5.02 Å². The van der Waals surface area contributed by atoms with Crippen LogP contribution in [0.15, 0.2) is 51.5 Å². The molecule has 3 heterocycles. The summed E-state index contributed by atoms with van der Waals surface area (Å²) in [4.78, 5) is 4.47. The molecule has 7 nitrogen and oxygen atoms in total. The fraction of sp³-hybridized carbons (Fsp3) is 0. The van der Waals surface area contributed by atoms with Crippen LogP contribution >= 0.6 is 11.6 Å². The summed E-state index contributed by atoms with van der Waals surface area (Å²) in [7, 11) is 0. The lowest BCUT2D eigenvalue weighted by molar-refractivity contribution is 0.529. The highest BCUT2D eigenvalue weighted by Gasteiger charge is 2.24. The minimum Gasteiger partial charge on any atom is -0.461 e. The van der Waals surface area contributed by atoms with E-state index >= 15 is 0 Å². The van der Waals surface area contributed by atoms with E-state index in [1.807, 2.05) is 12.1 Å². The molecule has 0 amide bonds. The summed E-state index contributed by atoms with van der Waals surface area (Å²) < 4.78 is 11.3. The van der Waals surface area contributed by atoms with E-state index in [1.165, 1.54) is 6.26 Å². The molecule has 24 heavy (non-hydrogen) atoms. The zero-order valence-electron chi connectivity index (χ0n) is 12.0. The van der Waals surface area contributed by atoms with Crippen LogP contribution in [0.3, 0.4) is 0 Å². The van der Waals surface area contributed by atoms with Gasteiger partial charge in [0.05, 0.1) is 6.26 Å². The molecule has 0 bridgehead atoms. The SMILES string of the molecule is N#Cc1n[nH]nc1-c1nc(-c2cccc(Cl)c2)oc1-c1ccco1. The van der Waals surface area contributed by atoms with Gasteiger partial charge in [-0.1, -0.05) is 17.7 Å². The summed E-state index contributed by atoms with van der Waals surface area (Å²) in [5, 5.41) is 20.0. The number of halogens is 1. The Morgan fingerprint density at radius 3 is 2.79 bits per heavy atom. The zero-order valence-corrected chi connectivity index (χ0v) is 12.8. The maximum atomic E-state index is 9.18. The van der Waals surface area contributed by atoms with Gasteiger partial charge >= 0.3 is 0 Å². The second kappa shape index (κ2) is 5.68. The van der Waals surface area contributed by atoms with E-state index in [0.717, 1.165) is 0 Å². The van der Waals surface area contributed by atoms with Crippen molar-refractivity contribution in [1.82, 2.24) is 20.4 Å². The molecular formula is C16H8ClN5O2. The first-order valence-electron chi connectivity index (χ1n) is 6.88. The van der Waals surface area contributed by atoms with E-state index in [4.69, 9.17) is 20.4 Å². The van der Waals surface area contributed by atoms with Gasteiger partial charge in [-0.25, -0.2) is 4.98 Å². The number of oxazole rings is 1. The largest absolute Gasteiger partial charge is 0.461 e. The third kappa shape index (κ3) is 2.35. The van der Waals surface area contributed by atoms with E-state index in [9.17, 15) is 5.26 Å².